The number of carbonyl (C=O) groups is 1. The molecule has 2 aromatic rings. The first-order valence-corrected chi connectivity index (χ1v) is 10.3. The number of amides is 1. The lowest BCUT2D eigenvalue weighted by molar-refractivity contribution is -0.892. The van der Waals surface area contributed by atoms with Crippen LogP contribution in [0.25, 0.3) is 0 Å². The number of phenolic OH excluding ortho intramolecular Hbond substituents is 1. The molecule has 2 saturated heterocycles. The zero-order valence-corrected chi connectivity index (χ0v) is 16.6. The van der Waals surface area contributed by atoms with Crippen LogP contribution in [0.1, 0.15) is 0 Å². The summed E-state index contributed by atoms with van der Waals surface area (Å²) in [6.45, 7) is 7.48. The Hall–Kier alpha value is -2.77. The van der Waals surface area contributed by atoms with Crippen LogP contribution in [-0.4, -0.2) is 70.0 Å². The summed E-state index contributed by atoms with van der Waals surface area (Å²) in [6, 6.07) is 15.4. The van der Waals surface area contributed by atoms with E-state index in [0.29, 0.717) is 6.54 Å². The molecular weight excluding hydrogens is 368 g/mol. The first-order valence-electron chi connectivity index (χ1n) is 10.3. The van der Waals surface area contributed by atoms with Gasteiger partial charge in [0.2, 0.25) is 0 Å². The largest absolute Gasteiger partial charge is 0.508 e. The molecule has 0 saturated carbocycles. The van der Waals surface area contributed by atoms with Gasteiger partial charge in [-0.05, 0) is 48.5 Å². The van der Waals surface area contributed by atoms with E-state index in [9.17, 15) is 9.90 Å². The summed E-state index contributed by atoms with van der Waals surface area (Å²) in [5, 5.41) is 12.4. The number of phenols is 1. The smallest absolute Gasteiger partial charge is 0.279 e. The van der Waals surface area contributed by atoms with Gasteiger partial charge in [0.05, 0.1) is 39.4 Å². The molecule has 3 N–H and O–H groups in total. The first-order chi connectivity index (χ1) is 14.2. The van der Waals surface area contributed by atoms with Crippen LogP contribution >= 0.6 is 0 Å². The third kappa shape index (κ3) is 5.19. The summed E-state index contributed by atoms with van der Waals surface area (Å²) >= 11 is 0. The van der Waals surface area contributed by atoms with Gasteiger partial charge in [-0.2, -0.15) is 0 Å². The van der Waals surface area contributed by atoms with E-state index < -0.39 is 0 Å². The minimum Gasteiger partial charge on any atom is -0.508 e. The number of carbonyl (C=O) groups excluding carboxylic acids is 1. The van der Waals surface area contributed by atoms with Crippen LogP contribution in [0, 0.1) is 0 Å². The second-order valence-corrected chi connectivity index (χ2v) is 7.62. The fourth-order valence-corrected chi connectivity index (χ4v) is 3.93. The summed E-state index contributed by atoms with van der Waals surface area (Å²) in [6.07, 6.45) is 0. The average molecular weight is 397 g/mol. The molecular formula is C22H29N4O3+. The Labute approximate surface area is 171 Å². The van der Waals surface area contributed by atoms with E-state index in [2.05, 4.69) is 27.2 Å². The normalized spacial score (nSPS) is 17.9. The quantitative estimate of drug-likeness (QED) is 0.688. The molecule has 0 atom stereocenters. The second kappa shape index (κ2) is 9.15. The fraction of sp³-hybridized carbons (Fsp3) is 0.409. The maximum atomic E-state index is 12.5. The van der Waals surface area contributed by atoms with Gasteiger partial charge in [-0.3, -0.25) is 4.79 Å². The minimum atomic E-state index is 0.0530. The minimum absolute atomic E-state index is 0.0530. The number of hydrogen-bond donors (Lipinski definition) is 3. The van der Waals surface area contributed by atoms with Crippen molar-refractivity contribution in [2.24, 2.45) is 0 Å². The Balaban J connectivity index is 1.23. The molecule has 0 spiro atoms. The molecule has 0 unspecified atom stereocenters. The lowest BCUT2D eigenvalue weighted by Gasteiger charge is -2.33. The molecule has 7 nitrogen and oxygen atoms in total. The molecule has 7 heteroatoms. The summed E-state index contributed by atoms with van der Waals surface area (Å²) in [5.41, 5.74) is 3.13. The van der Waals surface area contributed by atoms with Crippen LogP contribution in [0.5, 0.6) is 5.75 Å². The molecule has 1 amide bonds. The number of rotatable bonds is 5. The van der Waals surface area contributed by atoms with Crippen molar-refractivity contribution < 1.29 is 19.5 Å². The van der Waals surface area contributed by atoms with E-state index >= 15 is 0 Å². The molecule has 0 aromatic heterocycles. The van der Waals surface area contributed by atoms with E-state index in [0.717, 1.165) is 63.9 Å². The van der Waals surface area contributed by atoms with Crippen LogP contribution in [0.15, 0.2) is 48.5 Å². The van der Waals surface area contributed by atoms with Crippen LogP contribution in [0.4, 0.5) is 17.1 Å². The zero-order valence-electron chi connectivity index (χ0n) is 16.6. The fourth-order valence-electron chi connectivity index (χ4n) is 3.93. The van der Waals surface area contributed by atoms with Crippen molar-refractivity contribution in [3.63, 3.8) is 0 Å². The number of piperazine rings is 1. The van der Waals surface area contributed by atoms with Crippen LogP contribution < -0.4 is 20.0 Å². The lowest BCUT2D eigenvalue weighted by atomic mass is 10.2. The van der Waals surface area contributed by atoms with E-state index in [-0.39, 0.29) is 11.7 Å². The van der Waals surface area contributed by atoms with Crippen molar-refractivity contribution in [2.75, 3.05) is 74.1 Å². The summed E-state index contributed by atoms with van der Waals surface area (Å²) in [5.74, 6) is 0.338. The van der Waals surface area contributed by atoms with Crippen molar-refractivity contribution in [3.05, 3.63) is 48.5 Å². The molecule has 2 aromatic carbocycles. The predicted molar refractivity (Wildman–Crippen MR) is 114 cm³/mol. The second-order valence-electron chi connectivity index (χ2n) is 7.62. The Morgan fingerprint density at radius 1 is 0.897 bits per heavy atom. The van der Waals surface area contributed by atoms with Gasteiger partial charge in [-0.25, -0.2) is 0 Å². The van der Waals surface area contributed by atoms with E-state index in [4.69, 9.17) is 4.74 Å². The third-order valence-electron chi connectivity index (χ3n) is 5.62. The lowest BCUT2D eigenvalue weighted by Crippen LogP contribution is -3.15. The molecule has 2 aliphatic rings. The predicted octanol–water partition coefficient (Wildman–Crippen LogP) is 0.572. The Bertz CT molecular complexity index is 796. The zero-order chi connectivity index (χ0) is 20.1. The number of hydrogen-bond acceptors (Lipinski definition) is 5. The number of nitrogens with zero attached hydrogens (tertiary/aromatic N) is 2. The number of ether oxygens (including phenoxy) is 1. The number of anilines is 3. The van der Waals surface area contributed by atoms with E-state index in [1.165, 1.54) is 10.6 Å². The molecule has 2 fully saturated rings. The number of benzene rings is 2. The summed E-state index contributed by atoms with van der Waals surface area (Å²) < 4.78 is 5.39. The van der Waals surface area contributed by atoms with E-state index in [1.54, 1.807) is 12.1 Å². The van der Waals surface area contributed by atoms with Crippen molar-refractivity contribution in [2.45, 2.75) is 0 Å². The Morgan fingerprint density at radius 3 is 2.07 bits per heavy atom. The number of morpholine rings is 1. The van der Waals surface area contributed by atoms with E-state index in [1.807, 2.05) is 24.3 Å². The SMILES string of the molecule is O=C(C[NH+]1CCN(c2ccc(O)cc2)CC1)Nc1ccc(N2CCOCC2)cc1. The first kappa shape index (κ1) is 19.5. The molecule has 0 bridgehead atoms. The maximum Gasteiger partial charge on any atom is 0.279 e. The van der Waals surface area contributed by atoms with Crippen LogP contribution in [-0.2, 0) is 9.53 Å². The molecule has 0 radical (unpaired) electrons. The highest BCUT2D eigenvalue weighted by Crippen LogP contribution is 2.19. The number of quaternary nitrogens is 1. The van der Waals surface area contributed by atoms with Gasteiger partial charge in [0.1, 0.15) is 5.75 Å². The van der Waals surface area contributed by atoms with Gasteiger partial charge >= 0.3 is 0 Å². The molecule has 0 aliphatic carbocycles. The monoisotopic (exact) mass is 397 g/mol. The molecule has 4 rings (SSSR count). The Morgan fingerprint density at radius 2 is 1.45 bits per heavy atom. The Kier molecular flexibility index (Phi) is 6.17. The average Bonchev–Trinajstić information content (AvgIpc) is 2.76. The van der Waals surface area contributed by atoms with Gasteiger partial charge in [0, 0.05) is 30.2 Å². The molecule has 2 aliphatic heterocycles. The highest BCUT2D eigenvalue weighted by molar-refractivity contribution is 5.91. The molecule has 29 heavy (non-hydrogen) atoms. The molecule has 154 valence electrons. The van der Waals surface area contributed by atoms with Crippen molar-refractivity contribution in [1.82, 2.24) is 0 Å². The standard InChI is InChI=1S/C22H28N4O3/c27-21-7-5-20(6-8-21)25-11-9-24(10-12-25)17-22(28)23-18-1-3-19(4-2-18)26-13-15-29-16-14-26/h1-8,27H,9-17H2,(H,23,28)/p+1. The van der Waals surface area contributed by atoms with Crippen molar-refractivity contribution >= 4 is 23.0 Å². The van der Waals surface area contributed by atoms with Gasteiger partial charge in [-0.15, -0.1) is 0 Å². The van der Waals surface area contributed by atoms with Gasteiger partial charge < -0.3 is 29.9 Å². The highest BCUT2D eigenvalue weighted by atomic mass is 16.5. The number of nitrogens with one attached hydrogen (secondary N) is 2. The van der Waals surface area contributed by atoms with Crippen molar-refractivity contribution in [3.8, 4) is 5.75 Å². The number of aromatic hydroxyl groups is 1. The van der Waals surface area contributed by atoms with Gasteiger partial charge in [0.15, 0.2) is 6.54 Å². The summed E-state index contributed by atoms with van der Waals surface area (Å²) in [7, 11) is 0. The van der Waals surface area contributed by atoms with Gasteiger partial charge in [0.25, 0.3) is 5.91 Å². The van der Waals surface area contributed by atoms with Gasteiger partial charge in [-0.1, -0.05) is 0 Å². The van der Waals surface area contributed by atoms with Crippen LogP contribution in [0.2, 0.25) is 0 Å². The maximum absolute atomic E-state index is 12.5. The third-order valence-corrected chi connectivity index (χ3v) is 5.62. The highest BCUT2D eigenvalue weighted by Gasteiger charge is 2.22. The topological polar surface area (TPSA) is 69.5 Å². The van der Waals surface area contributed by atoms with Crippen molar-refractivity contribution in [1.29, 1.82) is 0 Å². The van der Waals surface area contributed by atoms with Crippen LogP contribution in [0.3, 0.4) is 0 Å². The molecule has 2 heterocycles. The summed E-state index contributed by atoms with van der Waals surface area (Å²) in [4.78, 5) is 18.3.